The lowest BCUT2D eigenvalue weighted by Gasteiger charge is -2.15. The van der Waals surface area contributed by atoms with Crippen molar-refractivity contribution in [2.75, 3.05) is 18.5 Å². The zero-order chi connectivity index (χ0) is 11.3. The highest BCUT2D eigenvalue weighted by atomic mass is 16.4. The second-order valence-electron chi connectivity index (χ2n) is 3.27. The second kappa shape index (κ2) is 5.29. The van der Waals surface area contributed by atoms with E-state index in [9.17, 15) is 4.79 Å². The number of aliphatic carboxylic acids is 1. The summed E-state index contributed by atoms with van der Waals surface area (Å²) in [5.74, 6) is -0.232. The highest BCUT2D eigenvalue weighted by molar-refractivity contribution is 5.67. The summed E-state index contributed by atoms with van der Waals surface area (Å²) in [4.78, 5) is 20.5. The quantitative estimate of drug-likeness (QED) is 0.782. The van der Waals surface area contributed by atoms with Gasteiger partial charge >= 0.3 is 5.97 Å². The molecule has 0 radical (unpaired) electrons. The highest BCUT2D eigenvalue weighted by Gasteiger charge is 2.06. The van der Waals surface area contributed by atoms with E-state index in [1.165, 1.54) is 0 Å². The van der Waals surface area contributed by atoms with Gasteiger partial charge in [-0.3, -0.25) is 4.79 Å². The molecule has 0 saturated heterocycles. The van der Waals surface area contributed by atoms with Crippen LogP contribution in [0.3, 0.4) is 0 Å². The number of hydrogen-bond acceptors (Lipinski definition) is 4. The fourth-order valence-corrected chi connectivity index (χ4v) is 1.13. The molecule has 0 saturated carbocycles. The number of rotatable bonds is 5. The first-order valence-corrected chi connectivity index (χ1v) is 4.88. The SMILES string of the molecule is CCc1ccnc(N(C)CCC(=O)O)n1. The number of anilines is 1. The standard InChI is InChI=1S/C10H15N3O2/c1-3-8-4-6-11-10(12-8)13(2)7-5-9(14)15/h4,6H,3,5,7H2,1-2H3,(H,14,15). The van der Waals surface area contributed by atoms with Gasteiger partial charge < -0.3 is 10.0 Å². The van der Waals surface area contributed by atoms with Crippen molar-refractivity contribution >= 4 is 11.9 Å². The molecule has 1 aromatic rings. The van der Waals surface area contributed by atoms with Crippen molar-refractivity contribution in [1.29, 1.82) is 0 Å². The van der Waals surface area contributed by atoms with Crippen molar-refractivity contribution in [1.82, 2.24) is 9.97 Å². The summed E-state index contributed by atoms with van der Waals surface area (Å²) < 4.78 is 0. The van der Waals surface area contributed by atoms with E-state index >= 15 is 0 Å². The zero-order valence-electron chi connectivity index (χ0n) is 8.97. The lowest BCUT2D eigenvalue weighted by atomic mass is 10.3. The Labute approximate surface area is 88.8 Å². The van der Waals surface area contributed by atoms with Gasteiger partial charge in [0.05, 0.1) is 6.42 Å². The van der Waals surface area contributed by atoms with Gasteiger partial charge in [0.1, 0.15) is 0 Å². The van der Waals surface area contributed by atoms with Gasteiger partial charge in [-0.05, 0) is 12.5 Å². The number of aromatic nitrogens is 2. The van der Waals surface area contributed by atoms with Crippen LogP contribution in [0.4, 0.5) is 5.95 Å². The number of carbonyl (C=O) groups is 1. The summed E-state index contributed by atoms with van der Waals surface area (Å²) in [6.07, 6.45) is 2.64. The Morgan fingerprint density at radius 1 is 1.60 bits per heavy atom. The highest BCUT2D eigenvalue weighted by Crippen LogP contribution is 2.06. The van der Waals surface area contributed by atoms with Gasteiger partial charge in [0.2, 0.25) is 5.95 Å². The summed E-state index contributed by atoms with van der Waals surface area (Å²) >= 11 is 0. The molecule has 0 aliphatic rings. The monoisotopic (exact) mass is 209 g/mol. The second-order valence-corrected chi connectivity index (χ2v) is 3.27. The molecule has 1 rings (SSSR count). The predicted molar refractivity (Wildman–Crippen MR) is 56.9 cm³/mol. The van der Waals surface area contributed by atoms with Crippen LogP contribution in [0.15, 0.2) is 12.3 Å². The number of carboxylic acid groups (broad SMARTS) is 1. The summed E-state index contributed by atoms with van der Waals surface area (Å²) in [6, 6.07) is 1.86. The van der Waals surface area contributed by atoms with E-state index in [4.69, 9.17) is 5.11 Å². The van der Waals surface area contributed by atoms with Crippen molar-refractivity contribution in [3.05, 3.63) is 18.0 Å². The summed E-state index contributed by atoms with van der Waals surface area (Å²) in [7, 11) is 1.79. The van der Waals surface area contributed by atoms with Crippen molar-refractivity contribution in [3.8, 4) is 0 Å². The van der Waals surface area contributed by atoms with Gasteiger partial charge in [-0.2, -0.15) is 0 Å². The predicted octanol–water partition coefficient (Wildman–Crippen LogP) is 0.950. The third-order valence-electron chi connectivity index (χ3n) is 2.07. The number of nitrogens with zero attached hydrogens (tertiary/aromatic N) is 3. The summed E-state index contributed by atoms with van der Waals surface area (Å²) in [5.41, 5.74) is 0.960. The molecule has 1 aromatic heterocycles. The normalized spacial score (nSPS) is 10.0. The molecule has 5 heteroatoms. The number of hydrogen-bond donors (Lipinski definition) is 1. The molecule has 0 spiro atoms. The molecule has 15 heavy (non-hydrogen) atoms. The van der Waals surface area contributed by atoms with Crippen LogP contribution in [0.2, 0.25) is 0 Å². The number of aryl methyl sites for hydroxylation is 1. The molecule has 0 aliphatic heterocycles. The third kappa shape index (κ3) is 3.53. The lowest BCUT2D eigenvalue weighted by molar-refractivity contribution is -0.136. The van der Waals surface area contributed by atoms with Gasteiger partial charge in [-0.25, -0.2) is 9.97 Å². The maximum atomic E-state index is 10.4. The molecule has 0 bridgehead atoms. The summed E-state index contributed by atoms with van der Waals surface area (Å²) in [6.45, 7) is 2.44. The smallest absolute Gasteiger partial charge is 0.305 e. The van der Waals surface area contributed by atoms with Crippen LogP contribution in [-0.4, -0.2) is 34.6 Å². The van der Waals surface area contributed by atoms with Crippen LogP contribution < -0.4 is 4.90 Å². The van der Waals surface area contributed by atoms with Gasteiger partial charge in [0, 0.05) is 25.5 Å². The van der Waals surface area contributed by atoms with E-state index in [2.05, 4.69) is 9.97 Å². The first-order chi connectivity index (χ1) is 7.13. The van der Waals surface area contributed by atoms with Crippen LogP contribution in [0.25, 0.3) is 0 Å². The van der Waals surface area contributed by atoms with Crippen molar-refractivity contribution in [2.24, 2.45) is 0 Å². The number of carboxylic acids is 1. The minimum atomic E-state index is -0.812. The minimum Gasteiger partial charge on any atom is -0.481 e. The molecule has 0 atom stereocenters. The minimum absolute atomic E-state index is 0.0935. The van der Waals surface area contributed by atoms with Gasteiger partial charge in [-0.15, -0.1) is 0 Å². The lowest BCUT2D eigenvalue weighted by Crippen LogP contribution is -2.23. The van der Waals surface area contributed by atoms with Crippen molar-refractivity contribution < 1.29 is 9.90 Å². The van der Waals surface area contributed by atoms with E-state index in [1.54, 1.807) is 18.1 Å². The molecular formula is C10H15N3O2. The van der Waals surface area contributed by atoms with Gasteiger partial charge in [-0.1, -0.05) is 6.92 Å². The Balaban J connectivity index is 2.64. The largest absolute Gasteiger partial charge is 0.481 e. The van der Waals surface area contributed by atoms with Gasteiger partial charge in [0.15, 0.2) is 0 Å². The molecule has 0 unspecified atom stereocenters. The maximum absolute atomic E-state index is 10.4. The Morgan fingerprint density at radius 3 is 2.93 bits per heavy atom. The molecule has 82 valence electrons. The fourth-order valence-electron chi connectivity index (χ4n) is 1.13. The van der Waals surface area contributed by atoms with E-state index in [0.717, 1.165) is 12.1 Å². The molecular weight excluding hydrogens is 194 g/mol. The molecule has 0 aliphatic carbocycles. The van der Waals surface area contributed by atoms with Crippen LogP contribution in [-0.2, 0) is 11.2 Å². The molecule has 5 nitrogen and oxygen atoms in total. The van der Waals surface area contributed by atoms with Crippen LogP contribution in [0, 0.1) is 0 Å². The van der Waals surface area contributed by atoms with Crippen LogP contribution >= 0.6 is 0 Å². The van der Waals surface area contributed by atoms with Gasteiger partial charge in [0.25, 0.3) is 0 Å². The zero-order valence-corrected chi connectivity index (χ0v) is 8.97. The maximum Gasteiger partial charge on any atom is 0.305 e. The van der Waals surface area contributed by atoms with Crippen LogP contribution in [0.1, 0.15) is 19.0 Å². The first kappa shape index (κ1) is 11.4. The van der Waals surface area contributed by atoms with Crippen molar-refractivity contribution in [3.63, 3.8) is 0 Å². The molecule has 1 heterocycles. The van der Waals surface area contributed by atoms with E-state index in [0.29, 0.717) is 12.5 Å². The summed E-state index contributed by atoms with van der Waals surface area (Å²) in [5, 5.41) is 8.54. The average Bonchev–Trinajstić information content (AvgIpc) is 2.26. The molecule has 1 N–H and O–H groups in total. The van der Waals surface area contributed by atoms with E-state index in [1.807, 2.05) is 13.0 Å². The van der Waals surface area contributed by atoms with Crippen LogP contribution in [0.5, 0.6) is 0 Å². The fraction of sp³-hybridized carbons (Fsp3) is 0.500. The molecule has 0 aromatic carbocycles. The Morgan fingerprint density at radius 2 is 2.33 bits per heavy atom. The Hall–Kier alpha value is -1.65. The van der Waals surface area contributed by atoms with E-state index < -0.39 is 5.97 Å². The Bertz CT molecular complexity index is 341. The Kier molecular flexibility index (Phi) is 4.03. The molecule has 0 amide bonds. The third-order valence-corrected chi connectivity index (χ3v) is 2.07. The molecule has 0 fully saturated rings. The first-order valence-electron chi connectivity index (χ1n) is 4.88. The average molecular weight is 209 g/mol. The topological polar surface area (TPSA) is 66.3 Å². The van der Waals surface area contributed by atoms with Crippen molar-refractivity contribution in [2.45, 2.75) is 19.8 Å². The van der Waals surface area contributed by atoms with E-state index in [-0.39, 0.29) is 6.42 Å².